The summed E-state index contributed by atoms with van der Waals surface area (Å²) in [5.74, 6) is 0.842. The fourth-order valence-corrected chi connectivity index (χ4v) is 3.29. The first-order chi connectivity index (χ1) is 12.2. The van der Waals surface area contributed by atoms with Crippen LogP contribution in [0.1, 0.15) is 25.3 Å². The van der Waals surface area contributed by atoms with E-state index in [1.807, 2.05) is 30.3 Å². The van der Waals surface area contributed by atoms with Crippen LogP contribution in [0.5, 0.6) is 5.75 Å². The number of piperidine rings is 1. The van der Waals surface area contributed by atoms with Gasteiger partial charge in [-0.1, -0.05) is 25.1 Å². The summed E-state index contributed by atoms with van der Waals surface area (Å²) in [6.45, 7) is 5.41. The van der Waals surface area contributed by atoms with E-state index in [1.54, 1.807) is 13.2 Å². The number of nitrogens with zero attached hydrogens (tertiary/aromatic N) is 1. The van der Waals surface area contributed by atoms with Gasteiger partial charge in [-0.15, -0.1) is 0 Å². The van der Waals surface area contributed by atoms with E-state index in [9.17, 15) is 4.79 Å². The van der Waals surface area contributed by atoms with E-state index in [2.05, 4.69) is 29.3 Å². The number of likely N-dealkylation sites (tertiary alicyclic amines) is 1. The molecule has 0 aliphatic carbocycles. The van der Waals surface area contributed by atoms with E-state index < -0.39 is 0 Å². The summed E-state index contributed by atoms with van der Waals surface area (Å²) in [7, 11) is 1.67. The molecule has 4 nitrogen and oxygen atoms in total. The fraction of sp³-hybridized carbons (Fsp3) is 0.381. The molecular weight excluding hydrogens is 312 g/mol. The van der Waals surface area contributed by atoms with Crippen molar-refractivity contribution in [2.45, 2.75) is 25.8 Å². The Morgan fingerprint density at radius 1 is 1.20 bits per heavy atom. The molecule has 0 radical (unpaired) electrons. The van der Waals surface area contributed by atoms with E-state index in [4.69, 9.17) is 4.74 Å². The third-order valence-corrected chi connectivity index (χ3v) is 4.88. The Bertz CT molecular complexity index is 762. The number of methoxy groups -OCH3 is 1. The lowest BCUT2D eigenvalue weighted by atomic mass is 10.0. The Hall–Kier alpha value is -2.33. The average molecular weight is 338 g/mol. The molecule has 1 fully saturated rings. The van der Waals surface area contributed by atoms with Crippen LogP contribution in [0.2, 0.25) is 0 Å². The minimum atomic E-state index is -0.00947. The predicted molar refractivity (Wildman–Crippen MR) is 103 cm³/mol. The van der Waals surface area contributed by atoms with Crippen molar-refractivity contribution in [2.75, 3.05) is 26.7 Å². The molecule has 1 amide bonds. The van der Waals surface area contributed by atoms with Crippen LogP contribution in [0.4, 0.5) is 0 Å². The van der Waals surface area contributed by atoms with Crippen molar-refractivity contribution in [3.63, 3.8) is 0 Å². The van der Waals surface area contributed by atoms with Crippen LogP contribution in [0.15, 0.2) is 42.5 Å². The molecule has 0 saturated carbocycles. The molecule has 3 rings (SSSR count). The summed E-state index contributed by atoms with van der Waals surface area (Å²) in [5, 5.41) is 5.38. The number of rotatable bonds is 5. The van der Waals surface area contributed by atoms with Crippen LogP contribution in [0.25, 0.3) is 16.8 Å². The SMILES string of the molecule is CCN1CCC(NC(=O)/C=C/c2ccc3cc(OC)ccc3c2)CC1. The van der Waals surface area contributed by atoms with E-state index in [0.717, 1.165) is 54.6 Å². The Balaban J connectivity index is 1.59. The largest absolute Gasteiger partial charge is 0.497 e. The number of hydrogen-bond acceptors (Lipinski definition) is 3. The second-order valence-electron chi connectivity index (χ2n) is 6.52. The smallest absolute Gasteiger partial charge is 0.244 e. The maximum atomic E-state index is 12.2. The van der Waals surface area contributed by atoms with Gasteiger partial charge < -0.3 is 15.0 Å². The Kier molecular flexibility index (Phi) is 5.71. The topological polar surface area (TPSA) is 41.6 Å². The first-order valence-electron chi connectivity index (χ1n) is 8.96. The van der Waals surface area contributed by atoms with Crippen molar-refractivity contribution >= 4 is 22.8 Å². The van der Waals surface area contributed by atoms with Crippen LogP contribution in [-0.4, -0.2) is 43.6 Å². The van der Waals surface area contributed by atoms with Gasteiger partial charge in [0, 0.05) is 25.2 Å². The van der Waals surface area contributed by atoms with Crippen molar-refractivity contribution in [1.82, 2.24) is 10.2 Å². The van der Waals surface area contributed by atoms with E-state index in [1.165, 1.54) is 0 Å². The summed E-state index contributed by atoms with van der Waals surface area (Å²) in [5.41, 5.74) is 1.02. The van der Waals surface area contributed by atoms with Gasteiger partial charge in [-0.3, -0.25) is 4.79 Å². The van der Waals surface area contributed by atoms with Crippen LogP contribution in [0, 0.1) is 0 Å². The monoisotopic (exact) mass is 338 g/mol. The molecule has 0 bridgehead atoms. The van der Waals surface area contributed by atoms with Crippen LogP contribution in [-0.2, 0) is 4.79 Å². The normalized spacial score (nSPS) is 16.4. The number of benzene rings is 2. The maximum Gasteiger partial charge on any atom is 0.244 e. The summed E-state index contributed by atoms with van der Waals surface area (Å²) in [4.78, 5) is 14.6. The molecule has 25 heavy (non-hydrogen) atoms. The lowest BCUT2D eigenvalue weighted by Crippen LogP contribution is -2.44. The molecule has 4 heteroatoms. The zero-order valence-corrected chi connectivity index (χ0v) is 15.0. The van der Waals surface area contributed by atoms with Crippen molar-refractivity contribution in [2.24, 2.45) is 0 Å². The van der Waals surface area contributed by atoms with Crippen LogP contribution >= 0.6 is 0 Å². The molecule has 1 heterocycles. The van der Waals surface area contributed by atoms with Crippen molar-refractivity contribution in [3.05, 3.63) is 48.0 Å². The van der Waals surface area contributed by atoms with Crippen LogP contribution < -0.4 is 10.1 Å². The summed E-state index contributed by atoms with van der Waals surface area (Å²) in [6.07, 6.45) is 5.58. The highest BCUT2D eigenvalue weighted by Crippen LogP contribution is 2.22. The predicted octanol–water partition coefficient (Wildman–Crippen LogP) is 3.46. The third kappa shape index (κ3) is 4.60. The van der Waals surface area contributed by atoms with Crippen LogP contribution in [0.3, 0.4) is 0 Å². The standard InChI is InChI=1S/C21H26N2O2/c1-3-23-12-10-19(11-13-23)22-21(24)9-5-16-4-6-18-15-20(25-2)8-7-17(18)14-16/h4-9,14-15,19H,3,10-13H2,1-2H3,(H,22,24)/b9-5+. The molecule has 2 aromatic carbocycles. The first kappa shape index (κ1) is 17.5. The zero-order valence-electron chi connectivity index (χ0n) is 15.0. The van der Waals surface area contributed by atoms with E-state index in [0.29, 0.717) is 6.04 Å². The van der Waals surface area contributed by atoms with Gasteiger partial charge in [-0.05, 0) is 60.0 Å². The van der Waals surface area contributed by atoms with Gasteiger partial charge >= 0.3 is 0 Å². The molecule has 132 valence electrons. The van der Waals surface area contributed by atoms with E-state index in [-0.39, 0.29) is 5.91 Å². The Morgan fingerprint density at radius 3 is 2.64 bits per heavy atom. The lowest BCUT2D eigenvalue weighted by Gasteiger charge is -2.31. The number of carbonyl (C=O) groups excluding carboxylic acids is 1. The van der Waals surface area contributed by atoms with Gasteiger partial charge in [0.1, 0.15) is 5.75 Å². The summed E-state index contributed by atoms with van der Waals surface area (Å²) < 4.78 is 5.25. The van der Waals surface area contributed by atoms with Gasteiger partial charge in [0.25, 0.3) is 0 Å². The van der Waals surface area contributed by atoms with Gasteiger partial charge in [-0.25, -0.2) is 0 Å². The van der Waals surface area contributed by atoms with Gasteiger partial charge in [-0.2, -0.15) is 0 Å². The molecule has 0 unspecified atom stereocenters. The first-order valence-corrected chi connectivity index (χ1v) is 8.96. The van der Waals surface area contributed by atoms with Gasteiger partial charge in [0.15, 0.2) is 0 Å². The average Bonchev–Trinajstić information content (AvgIpc) is 2.66. The molecule has 1 N–H and O–H groups in total. The quantitative estimate of drug-likeness (QED) is 0.849. The van der Waals surface area contributed by atoms with Crippen molar-refractivity contribution in [1.29, 1.82) is 0 Å². The fourth-order valence-electron chi connectivity index (χ4n) is 3.29. The second kappa shape index (κ2) is 8.17. The molecular formula is C21H26N2O2. The number of amides is 1. The van der Waals surface area contributed by atoms with Gasteiger partial charge in [0.05, 0.1) is 7.11 Å². The second-order valence-corrected chi connectivity index (χ2v) is 6.52. The molecule has 0 atom stereocenters. The van der Waals surface area contributed by atoms with Gasteiger partial charge in [0.2, 0.25) is 5.91 Å². The highest BCUT2D eigenvalue weighted by molar-refractivity contribution is 5.93. The number of fused-ring (bicyclic) bond motifs is 1. The Morgan fingerprint density at radius 2 is 1.92 bits per heavy atom. The molecule has 1 saturated heterocycles. The number of hydrogen-bond donors (Lipinski definition) is 1. The summed E-state index contributed by atoms with van der Waals surface area (Å²) in [6, 6.07) is 12.4. The number of nitrogens with one attached hydrogen (secondary N) is 1. The molecule has 1 aliphatic rings. The minimum Gasteiger partial charge on any atom is -0.497 e. The highest BCUT2D eigenvalue weighted by Gasteiger charge is 2.18. The third-order valence-electron chi connectivity index (χ3n) is 4.88. The number of ether oxygens (including phenoxy) is 1. The maximum absolute atomic E-state index is 12.2. The molecule has 1 aliphatic heterocycles. The van der Waals surface area contributed by atoms with Crippen molar-refractivity contribution < 1.29 is 9.53 Å². The lowest BCUT2D eigenvalue weighted by molar-refractivity contribution is -0.117. The summed E-state index contributed by atoms with van der Waals surface area (Å²) >= 11 is 0. The molecule has 0 aromatic heterocycles. The Labute approximate surface area is 149 Å². The molecule has 0 spiro atoms. The zero-order chi connectivity index (χ0) is 17.6. The van der Waals surface area contributed by atoms with E-state index >= 15 is 0 Å². The highest BCUT2D eigenvalue weighted by atomic mass is 16.5. The number of carbonyl (C=O) groups is 1. The molecule has 2 aromatic rings. The van der Waals surface area contributed by atoms with Crippen molar-refractivity contribution in [3.8, 4) is 5.75 Å². The minimum absolute atomic E-state index is 0.00947.